The number of hydrogen-bond donors (Lipinski definition) is 0. The number of pyridine rings is 1. The van der Waals surface area contributed by atoms with Gasteiger partial charge in [-0.3, -0.25) is 4.98 Å². The average molecular weight is 304 g/mol. The van der Waals surface area contributed by atoms with Crippen LogP contribution in [0.15, 0.2) is 42.6 Å². The molecule has 3 nitrogen and oxygen atoms in total. The summed E-state index contributed by atoms with van der Waals surface area (Å²) in [6, 6.07) is 10.9. The fraction of sp³-hybridized carbons (Fsp3) is 0.250. The van der Waals surface area contributed by atoms with Gasteiger partial charge in [0.1, 0.15) is 11.3 Å². The van der Waals surface area contributed by atoms with Gasteiger partial charge in [-0.2, -0.15) is 0 Å². The first-order chi connectivity index (χ1) is 10.3. The molecular formula is C16H15ClFN3. The van der Waals surface area contributed by atoms with Gasteiger partial charge in [-0.05, 0) is 24.3 Å². The molecule has 0 atom stereocenters. The number of para-hydroxylation sites is 1. The molecule has 0 saturated carbocycles. The molecule has 0 fully saturated rings. The number of fused-ring (bicyclic) bond motifs is 1. The number of hydrogen-bond acceptors (Lipinski definition) is 2. The lowest BCUT2D eigenvalue weighted by Crippen LogP contribution is -2.07. The van der Waals surface area contributed by atoms with Crippen LogP contribution in [0.1, 0.15) is 11.5 Å². The summed E-state index contributed by atoms with van der Waals surface area (Å²) in [4.78, 5) is 8.71. The summed E-state index contributed by atoms with van der Waals surface area (Å²) in [6.45, 7) is 0.711. The third-order valence-electron chi connectivity index (χ3n) is 3.44. The summed E-state index contributed by atoms with van der Waals surface area (Å²) >= 11 is 5.83. The molecule has 2 aromatic heterocycles. The van der Waals surface area contributed by atoms with Crippen LogP contribution < -0.4 is 0 Å². The molecule has 0 spiro atoms. The fourth-order valence-corrected chi connectivity index (χ4v) is 2.63. The Morgan fingerprint density at radius 1 is 1.10 bits per heavy atom. The molecule has 108 valence electrons. The smallest absolute Gasteiger partial charge is 0.151 e. The van der Waals surface area contributed by atoms with Crippen molar-refractivity contribution < 1.29 is 4.39 Å². The molecule has 0 amide bonds. The van der Waals surface area contributed by atoms with Crippen molar-refractivity contribution in [1.82, 2.24) is 14.5 Å². The standard InChI is InChI=1S/C16H15ClFN3/c17-9-7-15-20-16-13(18)5-3-6-14(16)21(15)11-8-12-4-1-2-10-19-12/h1-6,10H,7-9,11H2. The lowest BCUT2D eigenvalue weighted by atomic mass is 10.2. The summed E-state index contributed by atoms with van der Waals surface area (Å²) in [5.74, 6) is 0.995. The lowest BCUT2D eigenvalue weighted by molar-refractivity contribution is 0.637. The molecule has 2 heterocycles. The number of benzene rings is 1. The van der Waals surface area contributed by atoms with Gasteiger partial charge in [0, 0.05) is 37.2 Å². The Kier molecular flexibility index (Phi) is 4.15. The minimum atomic E-state index is -0.292. The molecule has 0 unspecified atom stereocenters. The van der Waals surface area contributed by atoms with E-state index >= 15 is 0 Å². The van der Waals surface area contributed by atoms with Crippen molar-refractivity contribution in [3.8, 4) is 0 Å². The highest BCUT2D eigenvalue weighted by Crippen LogP contribution is 2.20. The molecule has 1 aromatic carbocycles. The van der Waals surface area contributed by atoms with Gasteiger partial charge in [0.2, 0.25) is 0 Å². The van der Waals surface area contributed by atoms with Crippen LogP contribution in [0.2, 0.25) is 0 Å². The average Bonchev–Trinajstić information content (AvgIpc) is 2.86. The first kappa shape index (κ1) is 14.0. The van der Waals surface area contributed by atoms with Crippen LogP contribution in [0.5, 0.6) is 0 Å². The summed E-state index contributed by atoms with van der Waals surface area (Å²) in [6.07, 6.45) is 3.18. The Hall–Kier alpha value is -1.94. The van der Waals surface area contributed by atoms with Crippen molar-refractivity contribution in [2.45, 2.75) is 19.4 Å². The largest absolute Gasteiger partial charge is 0.327 e. The second-order valence-corrected chi connectivity index (χ2v) is 5.18. The van der Waals surface area contributed by atoms with Crippen LogP contribution in [-0.2, 0) is 19.4 Å². The molecule has 0 aliphatic rings. The molecule has 5 heteroatoms. The highest BCUT2D eigenvalue weighted by atomic mass is 35.5. The van der Waals surface area contributed by atoms with Crippen molar-refractivity contribution in [3.63, 3.8) is 0 Å². The Morgan fingerprint density at radius 2 is 2.00 bits per heavy atom. The maximum Gasteiger partial charge on any atom is 0.151 e. The van der Waals surface area contributed by atoms with E-state index in [1.54, 1.807) is 12.3 Å². The zero-order chi connectivity index (χ0) is 14.7. The van der Waals surface area contributed by atoms with Crippen molar-refractivity contribution >= 4 is 22.6 Å². The molecular weight excluding hydrogens is 289 g/mol. The quantitative estimate of drug-likeness (QED) is 0.674. The molecule has 3 rings (SSSR count). The number of aryl methyl sites for hydroxylation is 3. The van der Waals surface area contributed by atoms with Crippen LogP contribution >= 0.6 is 11.6 Å². The second-order valence-electron chi connectivity index (χ2n) is 4.80. The van der Waals surface area contributed by atoms with E-state index in [-0.39, 0.29) is 5.82 Å². The molecule has 21 heavy (non-hydrogen) atoms. The minimum absolute atomic E-state index is 0.292. The number of aromatic nitrogens is 3. The van der Waals surface area contributed by atoms with E-state index in [4.69, 9.17) is 11.6 Å². The zero-order valence-corrected chi connectivity index (χ0v) is 12.2. The van der Waals surface area contributed by atoms with E-state index in [1.807, 2.05) is 28.8 Å². The SMILES string of the molecule is Fc1cccc2c1nc(CCCl)n2CCc1ccccn1. The first-order valence-corrected chi connectivity index (χ1v) is 7.42. The monoisotopic (exact) mass is 303 g/mol. The summed E-state index contributed by atoms with van der Waals surface area (Å²) < 4.78 is 15.9. The van der Waals surface area contributed by atoms with E-state index in [2.05, 4.69) is 9.97 Å². The summed E-state index contributed by atoms with van der Waals surface area (Å²) in [7, 11) is 0. The van der Waals surface area contributed by atoms with Gasteiger partial charge < -0.3 is 4.57 Å². The van der Waals surface area contributed by atoms with Crippen molar-refractivity contribution in [2.75, 3.05) is 5.88 Å². The van der Waals surface area contributed by atoms with E-state index in [0.29, 0.717) is 24.4 Å². The van der Waals surface area contributed by atoms with Gasteiger partial charge in [0.05, 0.1) is 5.52 Å². The Bertz CT molecular complexity index is 740. The van der Waals surface area contributed by atoms with Gasteiger partial charge >= 0.3 is 0 Å². The maximum absolute atomic E-state index is 13.9. The highest BCUT2D eigenvalue weighted by Gasteiger charge is 2.13. The predicted molar refractivity (Wildman–Crippen MR) is 82.1 cm³/mol. The van der Waals surface area contributed by atoms with Crippen molar-refractivity contribution in [2.24, 2.45) is 0 Å². The van der Waals surface area contributed by atoms with E-state index in [9.17, 15) is 4.39 Å². The van der Waals surface area contributed by atoms with E-state index in [0.717, 1.165) is 23.5 Å². The third-order valence-corrected chi connectivity index (χ3v) is 3.63. The number of imidazole rings is 1. The van der Waals surface area contributed by atoms with Crippen LogP contribution in [0.3, 0.4) is 0 Å². The summed E-state index contributed by atoms with van der Waals surface area (Å²) in [5.41, 5.74) is 2.23. The molecule has 0 saturated heterocycles. The van der Waals surface area contributed by atoms with Gasteiger partial charge in [-0.15, -0.1) is 11.6 Å². The number of nitrogens with zero attached hydrogens (tertiary/aromatic N) is 3. The number of halogens is 2. The normalized spacial score (nSPS) is 11.1. The zero-order valence-electron chi connectivity index (χ0n) is 11.5. The predicted octanol–water partition coefficient (Wildman–Crippen LogP) is 3.59. The van der Waals surface area contributed by atoms with Crippen LogP contribution in [0.25, 0.3) is 11.0 Å². The van der Waals surface area contributed by atoms with E-state index < -0.39 is 0 Å². The van der Waals surface area contributed by atoms with Gasteiger partial charge in [-0.1, -0.05) is 12.1 Å². The second kappa shape index (κ2) is 6.22. The Labute approximate surface area is 127 Å². The minimum Gasteiger partial charge on any atom is -0.327 e. The van der Waals surface area contributed by atoms with Gasteiger partial charge in [0.15, 0.2) is 5.82 Å². The molecule has 0 radical (unpaired) electrons. The van der Waals surface area contributed by atoms with Crippen molar-refractivity contribution in [1.29, 1.82) is 0 Å². The number of alkyl halides is 1. The van der Waals surface area contributed by atoms with Crippen LogP contribution in [0.4, 0.5) is 4.39 Å². The fourth-order valence-electron chi connectivity index (χ4n) is 2.46. The van der Waals surface area contributed by atoms with Gasteiger partial charge in [0.25, 0.3) is 0 Å². The number of rotatable bonds is 5. The van der Waals surface area contributed by atoms with Crippen molar-refractivity contribution in [3.05, 3.63) is 59.9 Å². The van der Waals surface area contributed by atoms with E-state index in [1.165, 1.54) is 6.07 Å². The van der Waals surface area contributed by atoms with Crippen LogP contribution in [0, 0.1) is 5.82 Å². The molecule has 0 N–H and O–H groups in total. The summed E-state index contributed by atoms with van der Waals surface area (Å²) in [5, 5.41) is 0. The highest BCUT2D eigenvalue weighted by molar-refractivity contribution is 6.17. The lowest BCUT2D eigenvalue weighted by Gasteiger charge is -2.08. The third kappa shape index (κ3) is 2.90. The molecule has 0 aliphatic heterocycles. The molecule has 3 aromatic rings. The molecule has 0 aliphatic carbocycles. The maximum atomic E-state index is 13.9. The first-order valence-electron chi connectivity index (χ1n) is 6.89. The Morgan fingerprint density at radius 3 is 2.76 bits per heavy atom. The molecule has 0 bridgehead atoms. The Balaban J connectivity index is 1.95. The van der Waals surface area contributed by atoms with Crippen LogP contribution in [-0.4, -0.2) is 20.4 Å². The topological polar surface area (TPSA) is 30.7 Å². The van der Waals surface area contributed by atoms with Gasteiger partial charge in [-0.25, -0.2) is 9.37 Å².